The smallest absolute Gasteiger partial charge is 0.166 e. The first kappa shape index (κ1) is 19.8. The fourth-order valence-corrected chi connectivity index (χ4v) is 3.58. The maximum Gasteiger partial charge on any atom is 0.166 e. The van der Waals surface area contributed by atoms with Crippen LogP contribution < -0.4 is 14.8 Å². The maximum absolute atomic E-state index is 6.25. The predicted molar refractivity (Wildman–Crippen MR) is 112 cm³/mol. The van der Waals surface area contributed by atoms with E-state index >= 15 is 0 Å². The first-order valence-corrected chi connectivity index (χ1v) is 10.1. The van der Waals surface area contributed by atoms with E-state index in [9.17, 15) is 0 Å². The summed E-state index contributed by atoms with van der Waals surface area (Å²) in [7, 11) is 1.67. The van der Waals surface area contributed by atoms with E-state index in [0.717, 1.165) is 42.1 Å². The van der Waals surface area contributed by atoms with E-state index in [1.54, 1.807) is 12.7 Å². The average molecular weight is 386 g/mol. The lowest BCUT2D eigenvalue weighted by Crippen LogP contribution is -2.16. The summed E-state index contributed by atoms with van der Waals surface area (Å²) in [5, 5.41) is 4.26. The van der Waals surface area contributed by atoms with Crippen molar-refractivity contribution in [3.05, 3.63) is 70.3 Å². The standard InChI is InChI=1S/C23H28ClNO2/c1-26-22-13-7-11-19(16-25-15-14-18-8-3-2-4-9-18)23(22)27-17-20-10-5-6-12-21(20)24/h5-8,10-13,25H,2-4,9,14-17H2,1H3. The minimum atomic E-state index is 0.417. The van der Waals surface area contributed by atoms with Crippen LogP contribution in [0.2, 0.25) is 5.02 Å². The number of ether oxygens (including phenoxy) is 2. The summed E-state index contributed by atoms with van der Waals surface area (Å²) in [5.41, 5.74) is 3.65. The molecule has 0 bridgehead atoms. The van der Waals surface area contributed by atoms with E-state index < -0.39 is 0 Å². The zero-order chi connectivity index (χ0) is 18.9. The number of halogens is 1. The summed E-state index contributed by atoms with van der Waals surface area (Å²) in [6, 6.07) is 13.8. The number of rotatable bonds is 9. The molecule has 0 spiro atoms. The van der Waals surface area contributed by atoms with Gasteiger partial charge in [-0.05, 0) is 50.8 Å². The van der Waals surface area contributed by atoms with Gasteiger partial charge in [0.1, 0.15) is 6.61 Å². The van der Waals surface area contributed by atoms with Crippen molar-refractivity contribution in [1.29, 1.82) is 0 Å². The molecule has 27 heavy (non-hydrogen) atoms. The Hall–Kier alpha value is -1.97. The van der Waals surface area contributed by atoms with Crippen molar-refractivity contribution < 1.29 is 9.47 Å². The minimum absolute atomic E-state index is 0.417. The lowest BCUT2D eigenvalue weighted by Gasteiger charge is -2.17. The highest BCUT2D eigenvalue weighted by atomic mass is 35.5. The zero-order valence-electron chi connectivity index (χ0n) is 16.0. The molecule has 2 aromatic carbocycles. The Bertz CT molecular complexity index is 773. The number of hydrogen-bond acceptors (Lipinski definition) is 3. The summed E-state index contributed by atoms with van der Waals surface area (Å²) in [5.74, 6) is 1.53. The number of para-hydroxylation sites is 1. The topological polar surface area (TPSA) is 30.5 Å². The third-order valence-electron chi connectivity index (χ3n) is 4.93. The van der Waals surface area contributed by atoms with Crippen LogP contribution in [0.3, 0.4) is 0 Å². The van der Waals surface area contributed by atoms with Crippen molar-refractivity contribution in [2.24, 2.45) is 0 Å². The highest BCUT2D eigenvalue weighted by Crippen LogP contribution is 2.32. The molecule has 0 saturated heterocycles. The highest BCUT2D eigenvalue weighted by molar-refractivity contribution is 6.31. The number of methoxy groups -OCH3 is 1. The maximum atomic E-state index is 6.25. The zero-order valence-corrected chi connectivity index (χ0v) is 16.7. The van der Waals surface area contributed by atoms with Gasteiger partial charge in [-0.2, -0.15) is 0 Å². The third-order valence-corrected chi connectivity index (χ3v) is 5.30. The summed E-state index contributed by atoms with van der Waals surface area (Å²) in [6.45, 7) is 2.15. The van der Waals surface area contributed by atoms with Crippen LogP contribution in [-0.4, -0.2) is 13.7 Å². The number of allylic oxidation sites excluding steroid dienone is 1. The van der Waals surface area contributed by atoms with Crippen molar-refractivity contribution >= 4 is 11.6 Å². The molecule has 0 amide bonds. The van der Waals surface area contributed by atoms with Gasteiger partial charge < -0.3 is 14.8 Å². The van der Waals surface area contributed by atoms with E-state index in [1.807, 2.05) is 36.4 Å². The van der Waals surface area contributed by atoms with Crippen LogP contribution >= 0.6 is 11.6 Å². The molecule has 0 heterocycles. The molecule has 0 saturated carbocycles. The van der Waals surface area contributed by atoms with E-state index in [-0.39, 0.29) is 0 Å². The third kappa shape index (κ3) is 5.75. The molecule has 0 radical (unpaired) electrons. The van der Waals surface area contributed by atoms with Gasteiger partial charge in [0.25, 0.3) is 0 Å². The molecule has 3 nitrogen and oxygen atoms in total. The summed E-state index contributed by atoms with van der Waals surface area (Å²) in [6.07, 6.45) is 8.71. The first-order valence-electron chi connectivity index (χ1n) is 9.68. The van der Waals surface area contributed by atoms with Crippen LogP contribution in [0.1, 0.15) is 43.2 Å². The van der Waals surface area contributed by atoms with Crippen molar-refractivity contribution in [3.8, 4) is 11.5 Å². The van der Waals surface area contributed by atoms with E-state index in [1.165, 1.54) is 25.7 Å². The van der Waals surface area contributed by atoms with Gasteiger partial charge in [-0.25, -0.2) is 0 Å². The second kappa shape index (κ2) is 10.4. The molecule has 0 unspecified atom stereocenters. The van der Waals surface area contributed by atoms with Gasteiger partial charge in [-0.1, -0.05) is 53.6 Å². The van der Waals surface area contributed by atoms with Crippen molar-refractivity contribution in [1.82, 2.24) is 5.32 Å². The molecule has 0 aliphatic heterocycles. The molecule has 1 aliphatic rings. The largest absolute Gasteiger partial charge is 0.493 e. The molecule has 1 N–H and O–H groups in total. The summed E-state index contributed by atoms with van der Waals surface area (Å²) in [4.78, 5) is 0. The van der Waals surface area contributed by atoms with Gasteiger partial charge in [-0.3, -0.25) is 0 Å². The fraction of sp³-hybridized carbons (Fsp3) is 0.391. The van der Waals surface area contributed by atoms with Crippen LogP contribution in [0.15, 0.2) is 54.1 Å². The van der Waals surface area contributed by atoms with Gasteiger partial charge in [0.05, 0.1) is 7.11 Å². The number of nitrogens with one attached hydrogen (secondary N) is 1. The van der Waals surface area contributed by atoms with Crippen LogP contribution in [0.4, 0.5) is 0 Å². The monoisotopic (exact) mass is 385 g/mol. The van der Waals surface area contributed by atoms with Crippen molar-refractivity contribution in [2.75, 3.05) is 13.7 Å². The van der Waals surface area contributed by atoms with E-state index in [4.69, 9.17) is 21.1 Å². The normalized spacial score (nSPS) is 13.9. The molecule has 4 heteroatoms. The van der Waals surface area contributed by atoms with Gasteiger partial charge in [0, 0.05) is 22.7 Å². The Labute approximate surface area is 167 Å². The molecule has 2 aromatic rings. The fourth-order valence-electron chi connectivity index (χ4n) is 3.39. The van der Waals surface area contributed by atoms with Crippen molar-refractivity contribution in [2.45, 2.75) is 45.3 Å². The van der Waals surface area contributed by atoms with E-state index in [2.05, 4.69) is 17.5 Å². The molecule has 1 aliphatic carbocycles. The summed E-state index contributed by atoms with van der Waals surface area (Å²) < 4.78 is 11.6. The Morgan fingerprint density at radius 3 is 2.67 bits per heavy atom. The Morgan fingerprint density at radius 2 is 1.89 bits per heavy atom. The van der Waals surface area contributed by atoms with Gasteiger partial charge in [0.15, 0.2) is 11.5 Å². The first-order chi connectivity index (χ1) is 13.3. The lowest BCUT2D eigenvalue weighted by molar-refractivity contribution is 0.280. The van der Waals surface area contributed by atoms with Crippen LogP contribution in [-0.2, 0) is 13.2 Å². The molecular formula is C23H28ClNO2. The Balaban J connectivity index is 1.60. The van der Waals surface area contributed by atoms with Gasteiger partial charge in [-0.15, -0.1) is 0 Å². The number of benzene rings is 2. The summed E-state index contributed by atoms with van der Waals surface area (Å²) >= 11 is 6.25. The van der Waals surface area contributed by atoms with Gasteiger partial charge in [0.2, 0.25) is 0 Å². The molecular weight excluding hydrogens is 358 g/mol. The minimum Gasteiger partial charge on any atom is -0.493 e. The van der Waals surface area contributed by atoms with Crippen molar-refractivity contribution in [3.63, 3.8) is 0 Å². The highest BCUT2D eigenvalue weighted by Gasteiger charge is 2.12. The average Bonchev–Trinajstić information content (AvgIpc) is 2.71. The quantitative estimate of drug-likeness (QED) is 0.430. The molecule has 144 valence electrons. The van der Waals surface area contributed by atoms with Crippen LogP contribution in [0.5, 0.6) is 11.5 Å². The second-order valence-electron chi connectivity index (χ2n) is 6.86. The second-order valence-corrected chi connectivity index (χ2v) is 7.27. The van der Waals surface area contributed by atoms with E-state index in [0.29, 0.717) is 11.6 Å². The Kier molecular flexibility index (Phi) is 7.61. The number of hydrogen-bond donors (Lipinski definition) is 1. The van der Waals surface area contributed by atoms with Crippen LogP contribution in [0, 0.1) is 0 Å². The Morgan fingerprint density at radius 1 is 1.04 bits per heavy atom. The molecule has 0 aromatic heterocycles. The molecule has 0 atom stereocenters. The predicted octanol–water partition coefficient (Wildman–Crippen LogP) is 5.91. The lowest BCUT2D eigenvalue weighted by atomic mass is 9.97. The molecule has 0 fully saturated rings. The van der Waals surface area contributed by atoms with Crippen LogP contribution in [0.25, 0.3) is 0 Å². The molecule has 3 rings (SSSR count). The SMILES string of the molecule is COc1cccc(CNCCC2=CCCCC2)c1OCc1ccccc1Cl. The van der Waals surface area contributed by atoms with Gasteiger partial charge >= 0.3 is 0 Å².